The number of halogens is 1. The van der Waals surface area contributed by atoms with Crippen molar-refractivity contribution in [3.63, 3.8) is 0 Å². The van der Waals surface area contributed by atoms with E-state index >= 15 is 0 Å². The van der Waals surface area contributed by atoms with Crippen molar-refractivity contribution in [2.75, 3.05) is 14.2 Å². The van der Waals surface area contributed by atoms with E-state index in [2.05, 4.69) is 21.2 Å². The van der Waals surface area contributed by atoms with Crippen molar-refractivity contribution in [3.05, 3.63) is 63.8 Å². The van der Waals surface area contributed by atoms with Crippen molar-refractivity contribution in [1.82, 2.24) is 10.2 Å². The minimum atomic E-state index is -0.154. The van der Waals surface area contributed by atoms with Crippen molar-refractivity contribution in [2.45, 2.75) is 6.61 Å². The maximum atomic E-state index is 12.1. The number of carbonyl (C=O) groups is 1. The van der Waals surface area contributed by atoms with E-state index < -0.39 is 0 Å². The van der Waals surface area contributed by atoms with Crippen LogP contribution in [0.3, 0.4) is 0 Å². The van der Waals surface area contributed by atoms with Gasteiger partial charge >= 0.3 is 0 Å². The van der Waals surface area contributed by atoms with Gasteiger partial charge in [0.2, 0.25) is 0 Å². The van der Waals surface area contributed by atoms with E-state index in [9.17, 15) is 4.79 Å². The Balaban J connectivity index is 1.81. The van der Waals surface area contributed by atoms with Gasteiger partial charge in [0.15, 0.2) is 5.11 Å². The highest BCUT2D eigenvalue weighted by Crippen LogP contribution is 2.24. The average Bonchev–Trinajstić information content (AvgIpc) is 2.88. The summed E-state index contributed by atoms with van der Waals surface area (Å²) >= 11 is 8.49. The maximum Gasteiger partial charge on any atom is 0.276 e. The van der Waals surface area contributed by atoms with Crippen molar-refractivity contribution in [3.8, 4) is 11.5 Å². The molecule has 0 aliphatic carbocycles. The van der Waals surface area contributed by atoms with Crippen LogP contribution >= 0.6 is 28.1 Å². The molecule has 3 rings (SSSR count). The Kier molecular flexibility index (Phi) is 5.58. The highest BCUT2D eigenvalue weighted by atomic mass is 79.9. The summed E-state index contributed by atoms with van der Waals surface area (Å²) in [6.45, 7) is 0.349. The Morgan fingerprint density at radius 3 is 2.58 bits per heavy atom. The first-order valence-electron chi connectivity index (χ1n) is 7.84. The lowest BCUT2D eigenvalue weighted by Gasteiger charge is -2.11. The van der Waals surface area contributed by atoms with E-state index in [1.54, 1.807) is 20.2 Å². The van der Waals surface area contributed by atoms with Gasteiger partial charge in [0.25, 0.3) is 5.91 Å². The fraction of sp³-hybridized carbons (Fsp3) is 0.158. The monoisotopic (exact) mass is 432 g/mol. The predicted octanol–water partition coefficient (Wildman–Crippen LogP) is 3.72. The Morgan fingerprint density at radius 1 is 1.23 bits per heavy atom. The molecule has 1 amide bonds. The van der Waals surface area contributed by atoms with Crippen LogP contribution in [0.2, 0.25) is 0 Å². The molecule has 1 fully saturated rings. The second kappa shape index (κ2) is 7.88. The Morgan fingerprint density at radius 2 is 1.96 bits per heavy atom. The maximum absolute atomic E-state index is 12.1. The zero-order valence-corrected chi connectivity index (χ0v) is 16.7. The van der Waals surface area contributed by atoms with Crippen LogP contribution in [0.4, 0.5) is 0 Å². The van der Waals surface area contributed by atoms with Crippen molar-refractivity contribution in [2.24, 2.45) is 0 Å². The number of amides is 1. The normalized spacial score (nSPS) is 15.3. The number of methoxy groups -OCH3 is 1. The van der Waals surface area contributed by atoms with Crippen LogP contribution in [0, 0.1) is 0 Å². The zero-order valence-electron chi connectivity index (χ0n) is 14.3. The van der Waals surface area contributed by atoms with Gasteiger partial charge in [0.1, 0.15) is 23.8 Å². The van der Waals surface area contributed by atoms with Gasteiger partial charge in [0.05, 0.1) is 7.11 Å². The van der Waals surface area contributed by atoms with E-state index in [4.69, 9.17) is 21.7 Å². The molecule has 26 heavy (non-hydrogen) atoms. The summed E-state index contributed by atoms with van der Waals surface area (Å²) in [5.74, 6) is 1.33. The summed E-state index contributed by atoms with van der Waals surface area (Å²) in [6.07, 6.45) is 1.76. The molecule has 134 valence electrons. The van der Waals surface area contributed by atoms with E-state index in [0.717, 1.165) is 27.1 Å². The molecule has 1 aliphatic rings. The van der Waals surface area contributed by atoms with E-state index in [-0.39, 0.29) is 5.91 Å². The molecule has 0 saturated carbocycles. The van der Waals surface area contributed by atoms with Gasteiger partial charge < -0.3 is 14.8 Å². The molecule has 0 aromatic heterocycles. The number of benzene rings is 2. The number of carbonyl (C=O) groups excluding carboxylic acids is 1. The number of nitrogens with zero attached hydrogens (tertiary/aromatic N) is 1. The topological polar surface area (TPSA) is 50.8 Å². The molecule has 1 N–H and O–H groups in total. The summed E-state index contributed by atoms with van der Waals surface area (Å²) in [4.78, 5) is 13.5. The van der Waals surface area contributed by atoms with Crippen LogP contribution in [-0.4, -0.2) is 30.1 Å². The third-order valence-electron chi connectivity index (χ3n) is 3.90. The first-order valence-corrected chi connectivity index (χ1v) is 9.04. The quantitative estimate of drug-likeness (QED) is 0.576. The fourth-order valence-electron chi connectivity index (χ4n) is 2.48. The Bertz CT molecular complexity index is 881. The first kappa shape index (κ1) is 18.4. The molecular weight excluding hydrogens is 416 g/mol. The fourth-order valence-corrected chi connectivity index (χ4v) is 2.94. The van der Waals surface area contributed by atoms with Gasteiger partial charge in [0, 0.05) is 17.1 Å². The molecule has 0 radical (unpaired) electrons. The standard InChI is InChI=1S/C19H17BrN2O3S/c1-22-18(23)16(21-19(22)26)10-12-3-8-17(24-2)13(9-12)11-25-15-6-4-14(20)5-7-15/h3-10H,11H2,1-2H3,(H,21,26)/b16-10+. The largest absolute Gasteiger partial charge is 0.496 e. The molecule has 2 aromatic carbocycles. The second-order valence-electron chi connectivity index (χ2n) is 5.67. The minimum absolute atomic E-state index is 0.154. The van der Waals surface area contributed by atoms with Crippen molar-refractivity contribution in [1.29, 1.82) is 0 Å². The number of thiocarbonyl (C=S) groups is 1. The molecule has 1 saturated heterocycles. The lowest BCUT2D eigenvalue weighted by molar-refractivity contribution is -0.121. The van der Waals surface area contributed by atoms with Crippen LogP contribution in [-0.2, 0) is 11.4 Å². The molecule has 5 nitrogen and oxygen atoms in total. The summed E-state index contributed by atoms with van der Waals surface area (Å²) < 4.78 is 12.2. The highest BCUT2D eigenvalue weighted by Gasteiger charge is 2.26. The molecule has 7 heteroatoms. The van der Waals surface area contributed by atoms with E-state index in [1.807, 2.05) is 42.5 Å². The summed E-state index contributed by atoms with van der Waals surface area (Å²) in [5, 5.41) is 3.31. The van der Waals surface area contributed by atoms with Gasteiger partial charge in [-0.25, -0.2) is 0 Å². The van der Waals surface area contributed by atoms with Crippen LogP contribution in [0.5, 0.6) is 11.5 Å². The lowest BCUT2D eigenvalue weighted by Crippen LogP contribution is -2.25. The van der Waals surface area contributed by atoms with Gasteiger partial charge in [-0.3, -0.25) is 9.69 Å². The molecule has 1 heterocycles. The SMILES string of the molecule is COc1ccc(/C=C2/NC(=S)N(C)C2=O)cc1COc1ccc(Br)cc1. The van der Waals surface area contributed by atoms with Crippen LogP contribution in [0.25, 0.3) is 6.08 Å². The van der Waals surface area contributed by atoms with E-state index in [0.29, 0.717) is 17.4 Å². The molecule has 0 bridgehead atoms. The molecule has 2 aromatic rings. The predicted molar refractivity (Wildman–Crippen MR) is 108 cm³/mol. The Hall–Kier alpha value is -2.38. The van der Waals surface area contributed by atoms with Gasteiger partial charge in [-0.15, -0.1) is 0 Å². The minimum Gasteiger partial charge on any atom is -0.496 e. The van der Waals surface area contributed by atoms with E-state index in [1.165, 1.54) is 4.90 Å². The highest BCUT2D eigenvalue weighted by molar-refractivity contribution is 9.10. The average molecular weight is 433 g/mol. The third kappa shape index (κ3) is 4.05. The molecule has 0 atom stereocenters. The number of ether oxygens (including phenoxy) is 2. The lowest BCUT2D eigenvalue weighted by atomic mass is 10.1. The zero-order chi connectivity index (χ0) is 18.7. The molecule has 0 spiro atoms. The second-order valence-corrected chi connectivity index (χ2v) is 6.97. The number of hydrogen-bond acceptors (Lipinski definition) is 4. The van der Waals surface area contributed by atoms with Gasteiger partial charge in [-0.05, 0) is 60.3 Å². The smallest absolute Gasteiger partial charge is 0.276 e. The molecule has 0 unspecified atom stereocenters. The molecule has 1 aliphatic heterocycles. The number of hydrogen-bond donors (Lipinski definition) is 1. The number of likely N-dealkylation sites (N-methyl/N-ethyl adjacent to an activating group) is 1. The first-order chi connectivity index (χ1) is 12.5. The molecular formula is C19H17BrN2O3S. The number of rotatable bonds is 5. The third-order valence-corrected chi connectivity index (χ3v) is 4.81. The van der Waals surface area contributed by atoms with Gasteiger partial charge in [-0.1, -0.05) is 22.0 Å². The van der Waals surface area contributed by atoms with Gasteiger partial charge in [-0.2, -0.15) is 0 Å². The van der Waals surface area contributed by atoms with Crippen LogP contribution in [0.1, 0.15) is 11.1 Å². The van der Waals surface area contributed by atoms with Crippen molar-refractivity contribution < 1.29 is 14.3 Å². The summed E-state index contributed by atoms with van der Waals surface area (Å²) in [6, 6.07) is 13.3. The summed E-state index contributed by atoms with van der Waals surface area (Å²) in [5.41, 5.74) is 2.18. The summed E-state index contributed by atoms with van der Waals surface area (Å²) in [7, 11) is 3.26. The number of nitrogens with one attached hydrogen (secondary N) is 1. The Labute approximate surface area is 165 Å². The van der Waals surface area contributed by atoms with Crippen molar-refractivity contribution >= 4 is 45.2 Å². The van der Waals surface area contributed by atoms with Crippen LogP contribution < -0.4 is 14.8 Å². The van der Waals surface area contributed by atoms with Crippen LogP contribution in [0.15, 0.2) is 52.6 Å².